The average molecular weight is 447 g/mol. The van der Waals surface area contributed by atoms with Gasteiger partial charge in [-0.3, -0.25) is 0 Å². The number of rotatable bonds is 4. The number of fused-ring (bicyclic) bond motifs is 2. The summed E-state index contributed by atoms with van der Waals surface area (Å²) in [6.07, 6.45) is 3.07. The molecule has 0 saturated carbocycles. The molecule has 6 nitrogen and oxygen atoms in total. The second kappa shape index (κ2) is 7.42. The first-order valence-electron chi connectivity index (χ1n) is 9.90. The first-order chi connectivity index (χ1) is 15.3. The molecule has 2 heterocycles. The van der Waals surface area contributed by atoms with E-state index < -0.39 is 21.4 Å². The zero-order chi connectivity index (χ0) is 22.5. The molecule has 0 bridgehead atoms. The van der Waals surface area contributed by atoms with Crippen LogP contribution in [0, 0.1) is 5.82 Å². The highest BCUT2D eigenvalue weighted by molar-refractivity contribution is 7.90. The molecule has 0 atom stereocenters. The summed E-state index contributed by atoms with van der Waals surface area (Å²) >= 11 is 0. The number of anilines is 1. The van der Waals surface area contributed by atoms with E-state index in [0.29, 0.717) is 16.6 Å². The van der Waals surface area contributed by atoms with Crippen LogP contribution in [0.25, 0.3) is 32.9 Å². The second-order valence-corrected chi connectivity index (χ2v) is 9.65. The van der Waals surface area contributed by atoms with E-state index in [-0.39, 0.29) is 21.8 Å². The highest BCUT2D eigenvalue weighted by Gasteiger charge is 2.22. The van der Waals surface area contributed by atoms with E-state index >= 15 is 4.39 Å². The van der Waals surface area contributed by atoms with Crippen molar-refractivity contribution < 1.29 is 12.8 Å². The van der Waals surface area contributed by atoms with Crippen LogP contribution in [0.2, 0.25) is 0 Å². The highest BCUT2D eigenvalue weighted by Crippen LogP contribution is 2.35. The van der Waals surface area contributed by atoms with Gasteiger partial charge < -0.3 is 10.3 Å². The van der Waals surface area contributed by atoms with Gasteiger partial charge in [-0.05, 0) is 22.9 Å². The van der Waals surface area contributed by atoms with Gasteiger partial charge in [-0.25, -0.2) is 22.8 Å². The maximum absolute atomic E-state index is 15.6. The van der Waals surface area contributed by atoms with Gasteiger partial charge in [0.1, 0.15) is 23.6 Å². The van der Waals surface area contributed by atoms with Gasteiger partial charge in [-0.1, -0.05) is 48.5 Å². The van der Waals surface area contributed by atoms with Crippen molar-refractivity contribution in [3.63, 3.8) is 0 Å². The highest BCUT2D eigenvalue weighted by atomic mass is 32.2. The van der Waals surface area contributed by atoms with Crippen molar-refractivity contribution in [1.82, 2.24) is 14.5 Å². The third-order valence-electron chi connectivity index (χ3n) is 5.58. The lowest BCUT2D eigenvalue weighted by molar-refractivity contribution is 0.588. The van der Waals surface area contributed by atoms with E-state index in [9.17, 15) is 8.42 Å². The van der Waals surface area contributed by atoms with Crippen molar-refractivity contribution in [1.29, 1.82) is 0 Å². The lowest BCUT2D eigenvalue weighted by atomic mass is 10.0. The molecule has 0 unspecified atom stereocenters. The van der Waals surface area contributed by atoms with Crippen LogP contribution in [0.3, 0.4) is 0 Å². The molecular weight excluding hydrogens is 427 g/mol. The van der Waals surface area contributed by atoms with Crippen molar-refractivity contribution in [3.05, 3.63) is 84.6 Å². The predicted octanol–water partition coefficient (Wildman–Crippen LogP) is 4.48. The number of nitrogens with two attached hydrogens (primary N) is 1. The second-order valence-electron chi connectivity index (χ2n) is 7.66. The van der Waals surface area contributed by atoms with Crippen LogP contribution in [-0.2, 0) is 22.6 Å². The Morgan fingerprint density at radius 1 is 0.969 bits per heavy atom. The molecule has 0 spiro atoms. The molecule has 2 N–H and O–H groups in total. The van der Waals surface area contributed by atoms with Gasteiger partial charge in [0, 0.05) is 29.9 Å². The summed E-state index contributed by atoms with van der Waals surface area (Å²) in [6.45, 7) is 0. The Morgan fingerprint density at radius 3 is 2.56 bits per heavy atom. The zero-order valence-electron chi connectivity index (χ0n) is 17.2. The fourth-order valence-electron chi connectivity index (χ4n) is 3.99. The maximum atomic E-state index is 15.6. The monoisotopic (exact) mass is 446 g/mol. The number of nitrogen functional groups attached to an aromatic ring is 1. The number of aryl methyl sites for hydroxylation is 1. The molecule has 2 aromatic heterocycles. The number of aromatic nitrogens is 3. The fourth-order valence-corrected chi connectivity index (χ4v) is 5.37. The smallest absolute Gasteiger partial charge is 0.182 e. The van der Waals surface area contributed by atoms with Gasteiger partial charge in [-0.15, -0.1) is 0 Å². The molecular formula is C24H19FN4O2S. The number of hydrogen-bond donors (Lipinski definition) is 1. The van der Waals surface area contributed by atoms with Gasteiger partial charge in [0.15, 0.2) is 9.84 Å². The summed E-state index contributed by atoms with van der Waals surface area (Å²) in [4.78, 5) is 8.39. The maximum Gasteiger partial charge on any atom is 0.182 e. The first-order valence-corrected chi connectivity index (χ1v) is 11.6. The van der Waals surface area contributed by atoms with Crippen molar-refractivity contribution in [3.8, 4) is 11.1 Å². The minimum Gasteiger partial charge on any atom is -0.383 e. The Hall–Kier alpha value is -3.78. The van der Waals surface area contributed by atoms with Crippen molar-refractivity contribution >= 4 is 37.5 Å². The number of hydrogen-bond acceptors (Lipinski definition) is 5. The van der Waals surface area contributed by atoms with Crippen LogP contribution >= 0.6 is 0 Å². The number of sulfone groups is 1. The third-order valence-corrected chi connectivity index (χ3v) is 7.24. The summed E-state index contributed by atoms with van der Waals surface area (Å²) < 4.78 is 43.5. The summed E-state index contributed by atoms with van der Waals surface area (Å²) in [7, 11) is -1.98. The lowest BCUT2D eigenvalue weighted by Crippen LogP contribution is -2.07. The van der Waals surface area contributed by atoms with Gasteiger partial charge in [0.25, 0.3) is 0 Å². The van der Waals surface area contributed by atoms with Crippen LogP contribution in [-0.4, -0.2) is 23.0 Å². The van der Waals surface area contributed by atoms with E-state index in [2.05, 4.69) is 9.97 Å². The van der Waals surface area contributed by atoms with Crippen LogP contribution in [0.15, 0.2) is 78.1 Å². The molecule has 5 rings (SSSR count). The topological polar surface area (TPSA) is 90.9 Å². The molecule has 8 heteroatoms. The van der Waals surface area contributed by atoms with Gasteiger partial charge >= 0.3 is 0 Å². The Labute approximate surface area is 184 Å². The van der Waals surface area contributed by atoms with E-state index in [0.717, 1.165) is 10.8 Å². The minimum atomic E-state index is -3.77. The molecule has 5 aromatic rings. The summed E-state index contributed by atoms with van der Waals surface area (Å²) in [5.74, 6) is -0.825. The normalized spacial score (nSPS) is 11.9. The summed E-state index contributed by atoms with van der Waals surface area (Å²) in [6, 6.07) is 17.2. The summed E-state index contributed by atoms with van der Waals surface area (Å²) in [5, 5.41) is 2.29. The van der Waals surface area contributed by atoms with E-state index in [1.807, 2.05) is 24.3 Å². The Kier molecular flexibility index (Phi) is 4.67. The number of nitrogens with zero attached hydrogens (tertiary/aromatic N) is 3. The quantitative estimate of drug-likeness (QED) is 0.439. The predicted molar refractivity (Wildman–Crippen MR) is 123 cm³/mol. The molecule has 0 aliphatic heterocycles. The summed E-state index contributed by atoms with van der Waals surface area (Å²) in [5.41, 5.74) is 7.46. The average Bonchev–Trinajstić information content (AvgIpc) is 3.12. The SMILES string of the molecule is Cn1cc(-c2cccc(CS(=O)(=O)c3ccc4ccccc4c3)c2F)c2c(N)ncnc21. The van der Waals surface area contributed by atoms with Crippen molar-refractivity contribution in [2.24, 2.45) is 7.05 Å². The lowest BCUT2D eigenvalue weighted by Gasteiger charge is -2.10. The molecule has 0 radical (unpaired) electrons. The molecule has 0 aliphatic carbocycles. The molecule has 0 amide bonds. The van der Waals surface area contributed by atoms with Crippen LogP contribution in [0.4, 0.5) is 10.2 Å². The minimum absolute atomic E-state index is 0.0862. The molecule has 0 saturated heterocycles. The Balaban J connectivity index is 1.58. The standard InChI is InChI=1S/C24H19FN4O2S/c1-29-12-20(21-23(26)27-14-28-24(21)29)19-8-4-7-17(22(19)25)13-32(30,31)18-10-9-15-5-2-3-6-16(15)11-18/h2-12,14H,13H2,1H3,(H2,26,27,28). The van der Waals surface area contributed by atoms with Gasteiger partial charge in [-0.2, -0.15) is 0 Å². The first kappa shape index (κ1) is 20.1. The van der Waals surface area contributed by atoms with E-state index in [1.54, 1.807) is 48.1 Å². The molecule has 0 fully saturated rings. The van der Waals surface area contributed by atoms with Crippen molar-refractivity contribution in [2.45, 2.75) is 10.6 Å². The Morgan fingerprint density at radius 2 is 1.75 bits per heavy atom. The van der Waals surface area contributed by atoms with Gasteiger partial charge in [0.05, 0.1) is 16.0 Å². The van der Waals surface area contributed by atoms with E-state index in [1.165, 1.54) is 12.4 Å². The Bertz CT molecular complexity index is 1610. The molecule has 160 valence electrons. The number of halogens is 1. The van der Waals surface area contributed by atoms with Gasteiger partial charge in [0.2, 0.25) is 0 Å². The van der Waals surface area contributed by atoms with Crippen LogP contribution < -0.4 is 5.73 Å². The van der Waals surface area contributed by atoms with Crippen LogP contribution in [0.5, 0.6) is 0 Å². The largest absolute Gasteiger partial charge is 0.383 e. The van der Waals surface area contributed by atoms with Crippen LogP contribution in [0.1, 0.15) is 5.56 Å². The molecule has 32 heavy (non-hydrogen) atoms. The third kappa shape index (κ3) is 3.29. The molecule has 0 aliphatic rings. The van der Waals surface area contributed by atoms with E-state index in [4.69, 9.17) is 5.73 Å². The molecule has 3 aromatic carbocycles. The fraction of sp³-hybridized carbons (Fsp3) is 0.0833. The van der Waals surface area contributed by atoms with Crippen molar-refractivity contribution in [2.75, 3.05) is 5.73 Å². The zero-order valence-corrected chi connectivity index (χ0v) is 18.0. The number of benzene rings is 3.